The zero-order chi connectivity index (χ0) is 38.5. The fourth-order valence-electron chi connectivity index (χ4n) is 7.26. The van der Waals surface area contributed by atoms with Crippen LogP contribution in [0.5, 0.6) is 0 Å². The molecule has 2 N–H and O–H groups in total. The van der Waals surface area contributed by atoms with Crippen LogP contribution in [-0.2, 0) is 14.1 Å². The van der Waals surface area contributed by atoms with Gasteiger partial charge in [0.15, 0.2) is 24.8 Å². The average molecular weight is 808 g/mol. The van der Waals surface area contributed by atoms with Crippen molar-refractivity contribution in [2.75, 3.05) is 0 Å². The molecule has 8 bridgehead atoms. The van der Waals surface area contributed by atoms with Gasteiger partial charge in [0.1, 0.15) is 14.1 Å². The van der Waals surface area contributed by atoms with E-state index in [4.69, 9.17) is 9.97 Å². The van der Waals surface area contributed by atoms with Crippen LogP contribution < -0.4 is 33.9 Å². The minimum absolute atomic E-state index is 0. The molecule has 0 atom stereocenters. The van der Waals surface area contributed by atoms with Gasteiger partial charge in [0.25, 0.3) is 11.4 Å². The first-order valence-corrected chi connectivity index (χ1v) is 17.8. The number of non-ortho nitro benzene ring substituents is 2. The van der Waals surface area contributed by atoms with E-state index in [1.54, 1.807) is 24.3 Å². The van der Waals surface area contributed by atoms with Crippen LogP contribution in [0.1, 0.15) is 22.8 Å². The Labute approximate surface area is 343 Å². The van der Waals surface area contributed by atoms with E-state index in [0.717, 1.165) is 78.0 Å². The molecule has 2 aromatic carbocycles. The smallest absolute Gasteiger partial charge is 0.269 e. The van der Waals surface area contributed by atoms with Gasteiger partial charge < -0.3 is 34.8 Å². The maximum atomic E-state index is 11.6. The lowest BCUT2D eigenvalue weighted by Crippen LogP contribution is -3.00. The standard InChI is InChI=1S/C44H31N8O4.2ClH/c1-49-23-19-29(20-24-49)43-37-15-11-33(45-37)41(27-3-7-31(8-4-27)51(53)54)35-13-17-39(47-35)44(30-21-25-50(2)26-22-30)40-18-14-36(48-40)42(34-12-16-38(43)46-34)28-5-9-32(10-6-28)52(55)56;;/h3-26H,1-2H3,(H,45,46,47,48);2*1H/q+1;;/p-1. The van der Waals surface area contributed by atoms with Crippen molar-refractivity contribution in [3.05, 3.63) is 165 Å². The van der Waals surface area contributed by atoms with E-state index < -0.39 is 9.85 Å². The summed E-state index contributed by atoms with van der Waals surface area (Å²) in [5, 5.41) is 23.2. The second-order valence-corrected chi connectivity index (χ2v) is 13.6. The third-order valence-electron chi connectivity index (χ3n) is 10.0. The van der Waals surface area contributed by atoms with Gasteiger partial charge in [-0.15, -0.1) is 0 Å². The summed E-state index contributed by atoms with van der Waals surface area (Å²) in [4.78, 5) is 40.3. The summed E-state index contributed by atoms with van der Waals surface area (Å²) < 4.78 is 3.93. The number of nitro benzene ring substituents is 2. The molecule has 14 heteroatoms. The maximum absolute atomic E-state index is 11.6. The van der Waals surface area contributed by atoms with Crippen LogP contribution in [0.15, 0.2) is 122 Å². The molecule has 5 aromatic heterocycles. The number of nitrogens with zero attached hydrogens (tertiary/aromatic N) is 6. The Hall–Kier alpha value is -7.28. The van der Waals surface area contributed by atoms with Gasteiger partial charge in [0, 0.05) is 92.9 Å². The average Bonchev–Trinajstić information content (AvgIpc) is 4.05. The lowest BCUT2D eigenvalue weighted by molar-refractivity contribution is -0.671. The maximum Gasteiger partial charge on any atom is 0.269 e. The van der Waals surface area contributed by atoms with Crippen molar-refractivity contribution in [2.24, 2.45) is 14.1 Å². The number of halogens is 2. The first kappa shape index (κ1) is 39.0. The van der Waals surface area contributed by atoms with Gasteiger partial charge >= 0.3 is 0 Å². The van der Waals surface area contributed by atoms with Crippen molar-refractivity contribution < 1.29 is 43.8 Å². The first-order chi connectivity index (χ1) is 27.2. The molecule has 2 aliphatic rings. The fraction of sp³-hybridized carbons (Fsp3) is 0.0455. The third kappa shape index (κ3) is 7.13. The number of pyridine rings is 2. The number of aromatic amines is 2. The topological polar surface area (TPSA) is 151 Å². The molecule has 0 amide bonds. The quantitative estimate of drug-likeness (QED) is 0.150. The van der Waals surface area contributed by atoms with E-state index in [0.29, 0.717) is 11.4 Å². The van der Waals surface area contributed by atoms with Gasteiger partial charge in [0.2, 0.25) is 0 Å². The highest BCUT2D eigenvalue weighted by atomic mass is 35.5. The molecule has 9 rings (SSSR count). The highest BCUT2D eigenvalue weighted by Gasteiger charge is 2.20. The molecule has 0 aliphatic carbocycles. The minimum Gasteiger partial charge on any atom is -1.00 e. The highest BCUT2D eigenvalue weighted by molar-refractivity contribution is 5.99. The van der Waals surface area contributed by atoms with Gasteiger partial charge in [-0.1, -0.05) is 0 Å². The zero-order valence-corrected chi connectivity index (χ0v) is 32.4. The first-order valence-electron chi connectivity index (χ1n) is 17.8. The number of nitro groups is 2. The SMILES string of the molecule is C[n+]1ccc(-c2c3nc(c(-c4ccc([N+](=O)[O-])cc4)c4ccc([nH]4)c(-c4cc[n+](C)cc4)c4nc(c(-c5ccc([N+](=O)[O-])cc5)c5ccc2[nH]5)C=C4)C=C3)cc1.[Cl-].[Cl-]. The van der Waals surface area contributed by atoms with Crippen LogP contribution in [0, 0.1) is 20.2 Å². The van der Waals surface area contributed by atoms with Crippen LogP contribution in [0.4, 0.5) is 11.4 Å². The number of aromatic nitrogens is 6. The van der Waals surface area contributed by atoms with Gasteiger partial charge in [-0.25, -0.2) is 19.1 Å². The van der Waals surface area contributed by atoms with Crippen molar-refractivity contribution in [3.63, 3.8) is 0 Å². The molecule has 7 heterocycles. The molecule has 2 aliphatic heterocycles. The van der Waals surface area contributed by atoms with Gasteiger partial charge in [-0.3, -0.25) is 20.2 Å². The zero-order valence-electron chi connectivity index (χ0n) is 30.9. The second kappa shape index (κ2) is 15.7. The molecule has 286 valence electrons. The number of benzene rings is 2. The lowest BCUT2D eigenvalue weighted by atomic mass is 10.0. The summed E-state index contributed by atoms with van der Waals surface area (Å²) in [5.74, 6) is 0. The number of aryl methyl sites for hydroxylation is 2. The van der Waals surface area contributed by atoms with Crippen LogP contribution in [0.2, 0.25) is 0 Å². The van der Waals surface area contributed by atoms with Crippen molar-refractivity contribution in [1.29, 1.82) is 0 Å². The van der Waals surface area contributed by atoms with E-state index in [1.165, 1.54) is 24.3 Å². The molecular weight excluding hydrogens is 775 g/mol. The van der Waals surface area contributed by atoms with Crippen LogP contribution in [-0.4, -0.2) is 29.8 Å². The van der Waals surface area contributed by atoms with Crippen LogP contribution in [0.25, 0.3) is 90.9 Å². The van der Waals surface area contributed by atoms with E-state index in [2.05, 4.69) is 9.97 Å². The molecule has 0 radical (unpaired) electrons. The Morgan fingerprint density at radius 1 is 0.431 bits per heavy atom. The second-order valence-electron chi connectivity index (χ2n) is 13.6. The van der Waals surface area contributed by atoms with Gasteiger partial charge in [-0.05, 0) is 95.1 Å². The summed E-state index contributed by atoms with van der Waals surface area (Å²) in [7, 11) is 3.92. The normalized spacial score (nSPS) is 11.5. The van der Waals surface area contributed by atoms with Crippen molar-refractivity contribution in [3.8, 4) is 44.5 Å². The number of hydrogen-bond donors (Lipinski definition) is 2. The Morgan fingerprint density at radius 2 is 0.690 bits per heavy atom. The van der Waals surface area contributed by atoms with Crippen molar-refractivity contribution in [2.45, 2.75) is 0 Å². The summed E-state index contributed by atoms with van der Waals surface area (Å²) in [5.41, 5.74) is 12.6. The highest BCUT2D eigenvalue weighted by Crippen LogP contribution is 2.38. The predicted octanol–water partition coefficient (Wildman–Crippen LogP) is 2.80. The Morgan fingerprint density at radius 3 is 0.948 bits per heavy atom. The van der Waals surface area contributed by atoms with Gasteiger partial charge in [-0.2, -0.15) is 0 Å². The molecular formula is C44H32Cl2N8O4. The number of rotatable bonds is 6. The molecule has 0 unspecified atom stereocenters. The largest absolute Gasteiger partial charge is 1.00 e. The molecule has 0 spiro atoms. The van der Waals surface area contributed by atoms with E-state index >= 15 is 0 Å². The predicted molar refractivity (Wildman–Crippen MR) is 216 cm³/mol. The number of fused-ring (bicyclic) bond motifs is 8. The van der Waals surface area contributed by atoms with Crippen molar-refractivity contribution >= 4 is 57.7 Å². The third-order valence-corrected chi connectivity index (χ3v) is 10.0. The molecule has 0 saturated carbocycles. The number of nitrogens with one attached hydrogen (secondary N) is 2. The van der Waals surface area contributed by atoms with Crippen LogP contribution >= 0.6 is 0 Å². The molecule has 7 aromatic rings. The fourth-order valence-corrected chi connectivity index (χ4v) is 7.26. The minimum atomic E-state index is -0.405. The lowest BCUT2D eigenvalue weighted by Gasteiger charge is -2.06. The molecule has 58 heavy (non-hydrogen) atoms. The summed E-state index contributed by atoms with van der Waals surface area (Å²) >= 11 is 0. The van der Waals surface area contributed by atoms with E-state index in [9.17, 15) is 20.2 Å². The van der Waals surface area contributed by atoms with E-state index in [1.807, 2.05) is 121 Å². The van der Waals surface area contributed by atoms with E-state index in [-0.39, 0.29) is 36.2 Å². The van der Waals surface area contributed by atoms with Crippen LogP contribution in [0.3, 0.4) is 0 Å². The van der Waals surface area contributed by atoms with Crippen molar-refractivity contribution in [1.82, 2.24) is 19.9 Å². The summed E-state index contributed by atoms with van der Waals surface area (Å²) in [6, 6.07) is 29.2. The van der Waals surface area contributed by atoms with Gasteiger partial charge in [0.05, 0.1) is 32.6 Å². The summed E-state index contributed by atoms with van der Waals surface area (Å²) in [6.45, 7) is 0. The summed E-state index contributed by atoms with van der Waals surface area (Å²) in [6.07, 6.45) is 15.8. The number of hydrogen-bond acceptors (Lipinski definition) is 6. The Balaban J connectivity index is 0.00000256. The number of H-pyrrole nitrogens is 2. The molecule has 0 fully saturated rings. The Bertz CT molecular complexity index is 2770. The molecule has 12 nitrogen and oxygen atoms in total. The molecule has 0 saturated heterocycles. The monoisotopic (exact) mass is 806 g/mol. The Kier molecular flexibility index (Phi) is 10.5.